The Morgan fingerprint density at radius 2 is 2.06 bits per heavy atom. The van der Waals surface area contributed by atoms with Gasteiger partial charge in [-0.1, -0.05) is 11.6 Å². The van der Waals surface area contributed by atoms with E-state index in [1.54, 1.807) is 0 Å². The van der Waals surface area contributed by atoms with Gasteiger partial charge in [0.25, 0.3) is 5.92 Å². The van der Waals surface area contributed by atoms with Crippen LogP contribution in [0.25, 0.3) is 6.08 Å². The molecule has 0 fully saturated rings. The predicted molar refractivity (Wildman–Crippen MR) is 60.2 cm³/mol. The van der Waals surface area contributed by atoms with Crippen LogP contribution in [-0.4, -0.2) is 4.98 Å². The van der Waals surface area contributed by atoms with Gasteiger partial charge in [0.2, 0.25) is 0 Å². The maximum absolute atomic E-state index is 13.1. The van der Waals surface area contributed by atoms with E-state index in [-0.39, 0.29) is 5.69 Å². The molecule has 0 unspecified atom stereocenters. The molecule has 1 aromatic heterocycles. The standard InChI is InChI=1S/C12H14F2N2/c1-7-3-4-10-8(5-7)9(15)6-11(16-10)12(2,13)14/h5-6H,3-4H2,1-2H3,(H2,15,16). The summed E-state index contributed by atoms with van der Waals surface area (Å²) in [6.45, 7) is 2.84. The van der Waals surface area contributed by atoms with Gasteiger partial charge in [0.15, 0.2) is 0 Å². The highest BCUT2D eigenvalue weighted by Gasteiger charge is 2.28. The molecule has 0 aliphatic heterocycles. The van der Waals surface area contributed by atoms with E-state index in [0.29, 0.717) is 17.8 Å². The van der Waals surface area contributed by atoms with Gasteiger partial charge < -0.3 is 5.73 Å². The van der Waals surface area contributed by atoms with Crippen LogP contribution in [0.1, 0.15) is 37.2 Å². The van der Waals surface area contributed by atoms with Gasteiger partial charge in [-0.25, -0.2) is 0 Å². The Bertz CT molecular complexity index is 459. The minimum absolute atomic E-state index is 0.239. The van der Waals surface area contributed by atoms with E-state index in [1.165, 1.54) is 11.6 Å². The maximum Gasteiger partial charge on any atom is 0.287 e. The second-order valence-corrected chi connectivity index (χ2v) is 4.34. The van der Waals surface area contributed by atoms with Gasteiger partial charge in [0.1, 0.15) is 5.69 Å². The number of nitrogens with zero attached hydrogens (tertiary/aromatic N) is 1. The molecule has 0 amide bonds. The largest absolute Gasteiger partial charge is 0.398 e. The monoisotopic (exact) mass is 224 g/mol. The molecular formula is C12H14F2N2. The van der Waals surface area contributed by atoms with Crippen LogP contribution >= 0.6 is 0 Å². The van der Waals surface area contributed by atoms with Crippen molar-refractivity contribution >= 4 is 11.8 Å². The molecule has 2 N–H and O–H groups in total. The molecule has 86 valence electrons. The average Bonchev–Trinajstić information content (AvgIpc) is 2.17. The Kier molecular flexibility index (Phi) is 2.45. The van der Waals surface area contributed by atoms with Crippen LogP contribution in [0.2, 0.25) is 0 Å². The first kappa shape index (κ1) is 11.0. The van der Waals surface area contributed by atoms with E-state index in [1.807, 2.05) is 13.0 Å². The molecule has 1 aliphatic rings. The van der Waals surface area contributed by atoms with E-state index >= 15 is 0 Å². The maximum atomic E-state index is 13.1. The molecule has 4 heteroatoms. The Morgan fingerprint density at radius 1 is 1.38 bits per heavy atom. The van der Waals surface area contributed by atoms with Crippen molar-refractivity contribution in [3.8, 4) is 0 Å². The van der Waals surface area contributed by atoms with Gasteiger partial charge in [-0.15, -0.1) is 0 Å². The van der Waals surface area contributed by atoms with Crippen LogP contribution in [0.15, 0.2) is 11.6 Å². The van der Waals surface area contributed by atoms with Crippen LogP contribution in [-0.2, 0) is 12.3 Å². The number of fused-ring (bicyclic) bond motifs is 1. The molecule has 1 aromatic rings. The molecule has 1 heterocycles. The normalized spacial score (nSPS) is 15.6. The lowest BCUT2D eigenvalue weighted by molar-refractivity contribution is 0.0126. The number of anilines is 1. The average molecular weight is 224 g/mol. The number of nitrogen functional groups attached to an aromatic ring is 1. The highest BCUT2D eigenvalue weighted by Crippen LogP contribution is 2.32. The number of allylic oxidation sites excluding steroid dienone is 1. The van der Waals surface area contributed by atoms with E-state index in [4.69, 9.17) is 5.73 Å². The van der Waals surface area contributed by atoms with E-state index in [9.17, 15) is 8.78 Å². The fourth-order valence-corrected chi connectivity index (χ4v) is 1.85. The lowest BCUT2D eigenvalue weighted by Gasteiger charge is -2.18. The summed E-state index contributed by atoms with van der Waals surface area (Å²) >= 11 is 0. The van der Waals surface area contributed by atoms with Gasteiger partial charge in [-0.3, -0.25) is 4.98 Å². The summed E-state index contributed by atoms with van der Waals surface area (Å²) in [7, 11) is 0. The number of aromatic nitrogens is 1. The zero-order valence-corrected chi connectivity index (χ0v) is 9.35. The molecule has 0 spiro atoms. The third-order valence-corrected chi connectivity index (χ3v) is 2.77. The smallest absolute Gasteiger partial charge is 0.287 e. The topological polar surface area (TPSA) is 38.9 Å². The number of alkyl halides is 2. The summed E-state index contributed by atoms with van der Waals surface area (Å²) in [4.78, 5) is 4.01. The van der Waals surface area contributed by atoms with Crippen molar-refractivity contribution in [1.29, 1.82) is 0 Å². The third kappa shape index (κ3) is 1.92. The number of hydrogen-bond acceptors (Lipinski definition) is 2. The van der Waals surface area contributed by atoms with Crippen LogP contribution < -0.4 is 5.73 Å². The van der Waals surface area contributed by atoms with Crippen molar-refractivity contribution in [2.45, 2.75) is 32.6 Å². The van der Waals surface area contributed by atoms with Gasteiger partial charge >= 0.3 is 0 Å². The van der Waals surface area contributed by atoms with E-state index < -0.39 is 5.92 Å². The van der Waals surface area contributed by atoms with Gasteiger partial charge in [-0.2, -0.15) is 8.78 Å². The first-order chi connectivity index (χ1) is 7.38. The lowest BCUT2D eigenvalue weighted by Crippen LogP contribution is -2.14. The summed E-state index contributed by atoms with van der Waals surface area (Å²) in [5.74, 6) is -2.93. The zero-order valence-electron chi connectivity index (χ0n) is 9.35. The molecule has 1 aliphatic carbocycles. The molecule has 2 rings (SSSR count). The third-order valence-electron chi connectivity index (χ3n) is 2.77. The fourth-order valence-electron chi connectivity index (χ4n) is 1.85. The molecule has 0 atom stereocenters. The Labute approximate surface area is 93.2 Å². The number of aryl methyl sites for hydroxylation is 1. The summed E-state index contributed by atoms with van der Waals surface area (Å²) in [6, 6.07) is 1.27. The predicted octanol–water partition coefficient (Wildman–Crippen LogP) is 3.13. The molecule has 0 bridgehead atoms. The minimum atomic E-state index is -2.93. The first-order valence-corrected chi connectivity index (χ1v) is 5.23. The molecule has 0 aromatic carbocycles. The van der Waals surface area contributed by atoms with Crippen LogP contribution in [0.4, 0.5) is 14.5 Å². The van der Waals surface area contributed by atoms with Gasteiger partial charge in [0, 0.05) is 18.2 Å². The molecule has 0 saturated carbocycles. The minimum Gasteiger partial charge on any atom is -0.398 e. The second kappa shape index (κ2) is 3.54. The highest BCUT2D eigenvalue weighted by atomic mass is 19.3. The van der Waals surface area contributed by atoms with Crippen molar-refractivity contribution in [1.82, 2.24) is 4.98 Å². The molecule has 0 saturated heterocycles. The van der Waals surface area contributed by atoms with Gasteiger partial charge in [-0.05, 0) is 25.8 Å². The van der Waals surface area contributed by atoms with Crippen LogP contribution in [0, 0.1) is 0 Å². The summed E-state index contributed by atoms with van der Waals surface area (Å²) in [5, 5.41) is 0. The Morgan fingerprint density at radius 3 is 2.69 bits per heavy atom. The van der Waals surface area contributed by atoms with Crippen molar-refractivity contribution in [3.63, 3.8) is 0 Å². The number of halogens is 2. The molecule has 16 heavy (non-hydrogen) atoms. The molecule has 2 nitrogen and oxygen atoms in total. The Hall–Kier alpha value is -1.45. The van der Waals surface area contributed by atoms with Crippen molar-refractivity contribution in [2.24, 2.45) is 0 Å². The number of rotatable bonds is 1. The van der Waals surface area contributed by atoms with Crippen molar-refractivity contribution in [2.75, 3.05) is 5.73 Å². The fraction of sp³-hybridized carbons (Fsp3) is 0.417. The van der Waals surface area contributed by atoms with Gasteiger partial charge in [0.05, 0.1) is 5.69 Å². The summed E-state index contributed by atoms with van der Waals surface area (Å²) < 4.78 is 26.3. The zero-order chi connectivity index (χ0) is 11.9. The molecule has 0 radical (unpaired) electrons. The first-order valence-electron chi connectivity index (χ1n) is 5.23. The number of nitrogens with two attached hydrogens (primary N) is 1. The summed E-state index contributed by atoms with van der Waals surface area (Å²) in [5.41, 5.74) is 8.62. The highest BCUT2D eigenvalue weighted by molar-refractivity contribution is 5.69. The SMILES string of the molecule is CC1=Cc2c(N)cc(C(C)(F)F)nc2CC1. The number of pyridine rings is 1. The summed E-state index contributed by atoms with van der Waals surface area (Å²) in [6.07, 6.45) is 3.47. The van der Waals surface area contributed by atoms with Crippen LogP contribution in [0.3, 0.4) is 0 Å². The number of hydrogen-bond donors (Lipinski definition) is 1. The van der Waals surface area contributed by atoms with Crippen LogP contribution in [0.5, 0.6) is 0 Å². The second-order valence-electron chi connectivity index (χ2n) is 4.34. The van der Waals surface area contributed by atoms with E-state index in [2.05, 4.69) is 4.98 Å². The molecular weight excluding hydrogens is 210 g/mol. The van der Waals surface area contributed by atoms with E-state index in [0.717, 1.165) is 18.9 Å². The van der Waals surface area contributed by atoms with Crippen molar-refractivity contribution < 1.29 is 8.78 Å². The Balaban J connectivity index is 2.56. The lowest BCUT2D eigenvalue weighted by atomic mass is 9.95. The van der Waals surface area contributed by atoms with Crippen molar-refractivity contribution in [3.05, 3.63) is 28.6 Å². The quantitative estimate of drug-likeness (QED) is 0.796.